The van der Waals surface area contributed by atoms with Crippen LogP contribution in [0.5, 0.6) is 11.5 Å². The van der Waals surface area contributed by atoms with Crippen molar-refractivity contribution in [3.63, 3.8) is 0 Å². The predicted molar refractivity (Wildman–Crippen MR) is 51.6 cm³/mol. The second-order valence-corrected chi connectivity index (χ2v) is 3.25. The number of hydrogen-bond donors (Lipinski definition) is 1. The maximum atomic E-state index is 9.02. The number of ether oxygens (including phenoxy) is 1. The molecule has 1 rings (SSSR count). The van der Waals surface area contributed by atoms with Crippen LogP contribution in [0.3, 0.4) is 0 Å². The fourth-order valence-electron chi connectivity index (χ4n) is 0.838. The third-order valence-corrected chi connectivity index (χ3v) is 1.56. The van der Waals surface area contributed by atoms with Crippen molar-refractivity contribution < 1.29 is 9.84 Å². The highest BCUT2D eigenvalue weighted by atomic mass is 16.5. The number of terminal acetylenes is 1. The highest BCUT2D eigenvalue weighted by Crippen LogP contribution is 2.20. The number of hydrogen-bond acceptors (Lipinski definition) is 2. The summed E-state index contributed by atoms with van der Waals surface area (Å²) in [4.78, 5) is 0. The number of rotatable bonds is 2. The second kappa shape index (κ2) is 3.40. The summed E-state index contributed by atoms with van der Waals surface area (Å²) >= 11 is 0. The van der Waals surface area contributed by atoms with Crippen LogP contribution in [0.1, 0.15) is 13.8 Å². The molecule has 1 N–H and O–H groups in total. The van der Waals surface area contributed by atoms with Crippen molar-refractivity contribution in [1.82, 2.24) is 0 Å². The van der Waals surface area contributed by atoms with Gasteiger partial charge in [0.05, 0.1) is 0 Å². The molecule has 0 aromatic heterocycles. The van der Waals surface area contributed by atoms with Gasteiger partial charge in [0, 0.05) is 0 Å². The van der Waals surface area contributed by atoms with Crippen molar-refractivity contribution in [2.75, 3.05) is 0 Å². The highest BCUT2D eigenvalue weighted by Gasteiger charge is 2.14. The van der Waals surface area contributed by atoms with Crippen LogP contribution < -0.4 is 4.74 Å². The third-order valence-electron chi connectivity index (χ3n) is 1.56. The maximum Gasteiger partial charge on any atom is 0.163 e. The summed E-state index contributed by atoms with van der Waals surface area (Å²) in [5.41, 5.74) is -0.614. The van der Waals surface area contributed by atoms with E-state index in [1.54, 1.807) is 38.1 Å². The zero-order valence-electron chi connectivity index (χ0n) is 7.74. The molecule has 0 bridgehead atoms. The van der Waals surface area contributed by atoms with Gasteiger partial charge in [-0.25, -0.2) is 0 Å². The molecule has 68 valence electrons. The zero-order chi connectivity index (χ0) is 9.90. The largest absolute Gasteiger partial charge is 0.508 e. The average Bonchev–Trinajstić information content (AvgIpc) is 2.09. The molecular formula is C11H12O2. The molecule has 0 saturated heterocycles. The number of phenols is 1. The second-order valence-electron chi connectivity index (χ2n) is 3.25. The Bertz CT molecular complexity index is 317. The van der Waals surface area contributed by atoms with E-state index in [1.165, 1.54) is 0 Å². The van der Waals surface area contributed by atoms with Gasteiger partial charge in [0.1, 0.15) is 11.5 Å². The van der Waals surface area contributed by atoms with Crippen LogP contribution in [0.2, 0.25) is 0 Å². The average molecular weight is 176 g/mol. The van der Waals surface area contributed by atoms with Gasteiger partial charge in [-0.05, 0) is 38.1 Å². The van der Waals surface area contributed by atoms with E-state index in [9.17, 15) is 0 Å². The van der Waals surface area contributed by atoms with Crippen molar-refractivity contribution in [1.29, 1.82) is 0 Å². The minimum atomic E-state index is -0.614. The number of phenolic OH excluding ortho intramolecular Hbond substituents is 1. The molecule has 0 aliphatic carbocycles. The molecule has 0 fully saturated rings. The minimum Gasteiger partial charge on any atom is -0.508 e. The molecule has 2 heteroatoms. The van der Waals surface area contributed by atoms with E-state index in [2.05, 4.69) is 5.92 Å². The number of aromatic hydroxyl groups is 1. The van der Waals surface area contributed by atoms with E-state index in [0.29, 0.717) is 5.75 Å². The lowest BCUT2D eigenvalue weighted by molar-refractivity contribution is 0.172. The molecule has 0 heterocycles. The molecular weight excluding hydrogens is 164 g/mol. The Morgan fingerprint density at radius 2 is 1.85 bits per heavy atom. The van der Waals surface area contributed by atoms with Crippen molar-refractivity contribution in [3.05, 3.63) is 24.3 Å². The van der Waals surface area contributed by atoms with E-state index < -0.39 is 5.60 Å². The minimum absolute atomic E-state index is 0.214. The summed E-state index contributed by atoms with van der Waals surface area (Å²) in [7, 11) is 0. The topological polar surface area (TPSA) is 29.5 Å². The summed E-state index contributed by atoms with van der Waals surface area (Å²) in [5, 5.41) is 9.02. The summed E-state index contributed by atoms with van der Waals surface area (Å²) in [5.74, 6) is 3.39. The predicted octanol–water partition coefficient (Wildman–Crippen LogP) is 2.18. The Morgan fingerprint density at radius 1 is 1.31 bits per heavy atom. The Kier molecular flexibility index (Phi) is 2.48. The molecule has 2 nitrogen and oxygen atoms in total. The first kappa shape index (κ1) is 9.47. The monoisotopic (exact) mass is 176 g/mol. The van der Waals surface area contributed by atoms with Gasteiger partial charge in [-0.1, -0.05) is 5.92 Å². The van der Waals surface area contributed by atoms with Gasteiger partial charge in [0.2, 0.25) is 0 Å². The van der Waals surface area contributed by atoms with Crippen molar-refractivity contribution >= 4 is 0 Å². The molecule has 0 atom stereocenters. The van der Waals surface area contributed by atoms with Crippen LogP contribution >= 0.6 is 0 Å². The Balaban J connectivity index is 2.77. The zero-order valence-corrected chi connectivity index (χ0v) is 7.74. The van der Waals surface area contributed by atoms with Crippen molar-refractivity contribution in [3.8, 4) is 23.8 Å². The van der Waals surface area contributed by atoms with Gasteiger partial charge >= 0.3 is 0 Å². The fraction of sp³-hybridized carbons (Fsp3) is 0.273. The van der Waals surface area contributed by atoms with E-state index in [4.69, 9.17) is 16.3 Å². The molecule has 0 radical (unpaired) electrons. The van der Waals surface area contributed by atoms with Crippen LogP contribution in [-0.4, -0.2) is 10.7 Å². The quantitative estimate of drug-likeness (QED) is 0.700. The molecule has 0 spiro atoms. The van der Waals surface area contributed by atoms with Gasteiger partial charge < -0.3 is 9.84 Å². The molecule has 0 aliphatic heterocycles. The molecule has 1 aromatic carbocycles. The number of benzene rings is 1. The normalized spacial score (nSPS) is 10.5. The van der Waals surface area contributed by atoms with Gasteiger partial charge in [-0.3, -0.25) is 0 Å². The lowest BCUT2D eigenvalue weighted by atomic mass is 10.1. The standard InChI is InChI=1S/C11H12O2/c1-4-11(2,3)13-10-7-5-9(12)6-8-10/h1,5-8,12H,2-3H3. The fourth-order valence-corrected chi connectivity index (χ4v) is 0.838. The summed E-state index contributed by atoms with van der Waals surface area (Å²) in [6, 6.07) is 6.46. The van der Waals surface area contributed by atoms with Crippen LogP contribution in [0, 0.1) is 12.3 Å². The summed E-state index contributed by atoms with van der Waals surface area (Å²) in [6.45, 7) is 3.61. The van der Waals surface area contributed by atoms with Crippen LogP contribution in [0.15, 0.2) is 24.3 Å². The van der Waals surface area contributed by atoms with Gasteiger partial charge in [-0.2, -0.15) is 0 Å². The van der Waals surface area contributed by atoms with Crippen LogP contribution in [0.25, 0.3) is 0 Å². The van der Waals surface area contributed by atoms with E-state index in [-0.39, 0.29) is 5.75 Å². The lowest BCUT2D eigenvalue weighted by Crippen LogP contribution is -2.25. The smallest absolute Gasteiger partial charge is 0.163 e. The first-order valence-corrected chi connectivity index (χ1v) is 3.99. The highest BCUT2D eigenvalue weighted by molar-refractivity contribution is 5.31. The molecule has 1 aromatic rings. The maximum absolute atomic E-state index is 9.02. The van der Waals surface area contributed by atoms with E-state index >= 15 is 0 Å². The van der Waals surface area contributed by atoms with E-state index in [1.807, 2.05) is 0 Å². The van der Waals surface area contributed by atoms with Gasteiger partial charge in [-0.15, -0.1) is 6.42 Å². The first-order valence-electron chi connectivity index (χ1n) is 3.99. The molecule has 0 aliphatic rings. The first-order chi connectivity index (χ1) is 6.03. The Labute approximate surface area is 78.2 Å². The van der Waals surface area contributed by atoms with Crippen molar-refractivity contribution in [2.24, 2.45) is 0 Å². The molecule has 0 amide bonds. The summed E-state index contributed by atoms with van der Waals surface area (Å²) < 4.78 is 5.46. The Hall–Kier alpha value is -1.62. The summed E-state index contributed by atoms with van der Waals surface area (Å²) in [6.07, 6.45) is 5.26. The Morgan fingerprint density at radius 3 is 2.31 bits per heavy atom. The van der Waals surface area contributed by atoms with Gasteiger partial charge in [0.15, 0.2) is 5.60 Å². The lowest BCUT2D eigenvalue weighted by Gasteiger charge is -2.19. The van der Waals surface area contributed by atoms with Crippen molar-refractivity contribution in [2.45, 2.75) is 19.4 Å². The van der Waals surface area contributed by atoms with Gasteiger partial charge in [0.25, 0.3) is 0 Å². The molecule has 0 saturated carbocycles. The van der Waals surface area contributed by atoms with Crippen LogP contribution in [-0.2, 0) is 0 Å². The molecule has 0 unspecified atom stereocenters. The van der Waals surface area contributed by atoms with Crippen LogP contribution in [0.4, 0.5) is 0 Å². The molecule has 13 heavy (non-hydrogen) atoms. The SMILES string of the molecule is C#CC(C)(C)Oc1ccc(O)cc1. The van der Waals surface area contributed by atoms with E-state index in [0.717, 1.165) is 0 Å². The third kappa shape index (κ3) is 2.72.